The fraction of sp³-hybridized carbons (Fsp3) is 0.339. The molecule has 372 valence electrons. The van der Waals surface area contributed by atoms with Crippen molar-refractivity contribution in [3.8, 4) is 0 Å². The molecule has 0 unspecified atom stereocenters. The molecule has 6 aromatic carbocycles. The van der Waals surface area contributed by atoms with Crippen LogP contribution in [-0.2, 0) is 96.5 Å². The summed E-state index contributed by atoms with van der Waals surface area (Å²) in [6, 6.07) is 59.2. The van der Waals surface area contributed by atoms with Crippen molar-refractivity contribution in [2.45, 2.75) is 108 Å². The summed E-state index contributed by atoms with van der Waals surface area (Å²) in [6.07, 6.45) is -7.88. The third kappa shape index (κ3) is 15.6. The van der Waals surface area contributed by atoms with E-state index < -0.39 is 67.4 Å². The number of carbonyl (C=O) groups is 1. The Morgan fingerprint density at radius 2 is 0.746 bits per heavy atom. The van der Waals surface area contributed by atoms with Crippen LogP contribution in [0.4, 0.5) is 0 Å². The van der Waals surface area contributed by atoms with Gasteiger partial charge in [-0.05, 0) is 33.4 Å². The summed E-state index contributed by atoms with van der Waals surface area (Å²) in [7, 11) is 0. The first-order valence-electron chi connectivity index (χ1n) is 24.2. The SMILES string of the molecule is C=CCO[C@H]1O[C@H](COCc2ccccc2)[C@@H](OCc2ccccc2)[C@H](OCc2ccccc2)[C@@H]1O[C@H]1O[C@H](COCc2ccccc2)[C@@H](OCc2ccccc2)[C@H](OCc2ccccc2)[C@@H]1OC(C)=O. The summed E-state index contributed by atoms with van der Waals surface area (Å²) in [5, 5.41) is 0. The lowest BCUT2D eigenvalue weighted by molar-refractivity contribution is -0.379. The van der Waals surface area contributed by atoms with Crippen molar-refractivity contribution in [2.24, 2.45) is 0 Å². The minimum Gasteiger partial charge on any atom is -0.454 e. The van der Waals surface area contributed by atoms with Gasteiger partial charge in [-0.2, -0.15) is 0 Å². The molecule has 0 radical (unpaired) electrons. The van der Waals surface area contributed by atoms with E-state index in [0.29, 0.717) is 13.2 Å². The number of hydrogen-bond donors (Lipinski definition) is 0. The van der Waals surface area contributed by atoms with Gasteiger partial charge in [0.1, 0.15) is 42.7 Å². The quantitative estimate of drug-likeness (QED) is 0.0381. The highest BCUT2D eigenvalue weighted by molar-refractivity contribution is 5.66. The molecule has 2 aliphatic heterocycles. The van der Waals surface area contributed by atoms with Crippen LogP contribution >= 0.6 is 0 Å². The van der Waals surface area contributed by atoms with Gasteiger partial charge in [0.25, 0.3) is 0 Å². The molecule has 0 amide bonds. The van der Waals surface area contributed by atoms with Crippen molar-refractivity contribution in [1.82, 2.24) is 0 Å². The number of rotatable bonds is 26. The largest absolute Gasteiger partial charge is 0.454 e. The third-order valence-corrected chi connectivity index (χ3v) is 12.1. The van der Waals surface area contributed by atoms with Gasteiger partial charge in [-0.1, -0.05) is 188 Å². The van der Waals surface area contributed by atoms with Crippen LogP contribution in [0.25, 0.3) is 0 Å². The van der Waals surface area contributed by atoms with Crippen molar-refractivity contribution in [1.29, 1.82) is 0 Å². The Morgan fingerprint density at radius 3 is 1.10 bits per heavy atom. The maximum absolute atomic E-state index is 13.3. The smallest absolute Gasteiger partial charge is 0.303 e. The lowest BCUT2D eigenvalue weighted by Crippen LogP contribution is -2.66. The summed E-state index contributed by atoms with van der Waals surface area (Å²) >= 11 is 0. The minimum absolute atomic E-state index is 0.0708. The van der Waals surface area contributed by atoms with Crippen molar-refractivity contribution in [3.05, 3.63) is 228 Å². The second-order valence-electron chi connectivity index (χ2n) is 17.4. The van der Waals surface area contributed by atoms with Crippen molar-refractivity contribution in [2.75, 3.05) is 19.8 Å². The van der Waals surface area contributed by atoms with E-state index in [9.17, 15) is 4.79 Å². The molecule has 0 aliphatic carbocycles. The van der Waals surface area contributed by atoms with E-state index in [-0.39, 0.29) is 46.2 Å². The zero-order valence-electron chi connectivity index (χ0n) is 40.1. The summed E-state index contributed by atoms with van der Waals surface area (Å²) in [5.74, 6) is -0.572. The lowest BCUT2D eigenvalue weighted by Gasteiger charge is -2.50. The molecular weight excluding hydrogens is 901 g/mol. The normalized spacial score (nSPS) is 24.2. The zero-order valence-corrected chi connectivity index (χ0v) is 40.1. The molecule has 2 aliphatic rings. The van der Waals surface area contributed by atoms with Crippen molar-refractivity contribution in [3.63, 3.8) is 0 Å². The van der Waals surface area contributed by atoms with Crippen LogP contribution in [0.3, 0.4) is 0 Å². The van der Waals surface area contributed by atoms with Gasteiger partial charge in [0.15, 0.2) is 18.7 Å². The molecular formula is C59H64O12. The van der Waals surface area contributed by atoms with Crippen LogP contribution in [0.15, 0.2) is 195 Å². The number of esters is 1. The van der Waals surface area contributed by atoms with Crippen LogP contribution < -0.4 is 0 Å². The van der Waals surface area contributed by atoms with E-state index in [0.717, 1.165) is 33.4 Å². The van der Waals surface area contributed by atoms with Gasteiger partial charge in [-0.25, -0.2) is 0 Å². The van der Waals surface area contributed by atoms with Crippen LogP contribution in [-0.4, -0.2) is 87.2 Å². The summed E-state index contributed by atoms with van der Waals surface area (Å²) in [5.41, 5.74) is 5.70. The number of benzene rings is 6. The van der Waals surface area contributed by atoms with E-state index in [1.807, 2.05) is 182 Å². The van der Waals surface area contributed by atoms with E-state index in [1.165, 1.54) is 6.92 Å². The van der Waals surface area contributed by atoms with E-state index in [1.54, 1.807) is 6.08 Å². The molecule has 8 rings (SSSR count). The topological polar surface area (TPSA) is 119 Å². The maximum Gasteiger partial charge on any atom is 0.303 e. The molecule has 2 fully saturated rings. The van der Waals surface area contributed by atoms with Gasteiger partial charge in [0.05, 0.1) is 59.5 Å². The minimum atomic E-state index is -1.30. The molecule has 6 aromatic rings. The standard InChI is InChI=1S/C59H64O12/c1-3-34-63-58-56(54(66-39-48-30-18-8-19-31-48)52(64-37-46-26-14-6-15-27-46)50(69-58)41-61-35-44-22-10-4-11-23-44)71-59-57(68-43(2)60)55(67-40-49-32-20-9-21-33-49)53(65-38-47-28-16-7-17-29-47)51(70-59)42-62-36-45-24-12-5-13-25-45/h3-33,50-59H,1,34-42H2,2H3/t50-,51-,52-,53-,54+,55+,56+,57+,58+,59-/m1/s1. The molecule has 12 nitrogen and oxygen atoms in total. The van der Waals surface area contributed by atoms with E-state index >= 15 is 0 Å². The lowest BCUT2D eigenvalue weighted by atomic mass is 9.96. The van der Waals surface area contributed by atoms with Crippen molar-refractivity contribution >= 4 is 5.97 Å². The highest BCUT2D eigenvalue weighted by Crippen LogP contribution is 2.37. The molecule has 0 N–H and O–H groups in total. The second kappa shape index (κ2) is 27.7. The summed E-state index contributed by atoms with van der Waals surface area (Å²) in [4.78, 5) is 13.3. The Balaban J connectivity index is 1.17. The summed E-state index contributed by atoms with van der Waals surface area (Å²) < 4.78 is 74.2. The highest BCUT2D eigenvalue weighted by Gasteiger charge is 2.55. The maximum atomic E-state index is 13.3. The second-order valence-corrected chi connectivity index (χ2v) is 17.4. The monoisotopic (exact) mass is 964 g/mol. The first-order chi connectivity index (χ1) is 35.0. The van der Waals surface area contributed by atoms with Gasteiger partial charge in [0, 0.05) is 6.92 Å². The number of ether oxygens (including phenoxy) is 11. The predicted octanol–water partition coefficient (Wildman–Crippen LogP) is 9.73. The van der Waals surface area contributed by atoms with Gasteiger partial charge < -0.3 is 52.1 Å². The number of carbonyl (C=O) groups excluding carboxylic acids is 1. The Kier molecular flexibility index (Phi) is 20.1. The Bertz CT molecular complexity index is 2410. The van der Waals surface area contributed by atoms with Crippen molar-refractivity contribution < 1.29 is 56.9 Å². The fourth-order valence-electron chi connectivity index (χ4n) is 8.63. The Morgan fingerprint density at radius 1 is 0.423 bits per heavy atom. The van der Waals surface area contributed by atoms with Gasteiger partial charge in [-0.15, -0.1) is 6.58 Å². The van der Waals surface area contributed by atoms with Gasteiger partial charge >= 0.3 is 5.97 Å². The molecule has 2 saturated heterocycles. The average Bonchev–Trinajstić information content (AvgIpc) is 3.41. The molecule has 2 heterocycles. The van der Waals surface area contributed by atoms with E-state index in [2.05, 4.69) is 6.58 Å². The Hall–Kier alpha value is -5.87. The first-order valence-corrected chi connectivity index (χ1v) is 24.2. The molecule has 10 atom stereocenters. The Labute approximate surface area is 417 Å². The van der Waals surface area contributed by atoms with Gasteiger partial charge in [0.2, 0.25) is 0 Å². The molecule has 0 spiro atoms. The van der Waals surface area contributed by atoms with Crippen LogP contribution in [0.1, 0.15) is 40.3 Å². The van der Waals surface area contributed by atoms with Crippen LogP contribution in [0.2, 0.25) is 0 Å². The van der Waals surface area contributed by atoms with Crippen LogP contribution in [0.5, 0.6) is 0 Å². The highest BCUT2D eigenvalue weighted by atomic mass is 16.8. The third-order valence-electron chi connectivity index (χ3n) is 12.1. The average molecular weight is 965 g/mol. The number of hydrogen-bond acceptors (Lipinski definition) is 12. The first kappa shape index (κ1) is 51.5. The predicted molar refractivity (Wildman–Crippen MR) is 266 cm³/mol. The molecule has 0 aromatic heterocycles. The molecule has 71 heavy (non-hydrogen) atoms. The van der Waals surface area contributed by atoms with Gasteiger partial charge in [-0.3, -0.25) is 4.79 Å². The molecule has 12 heteroatoms. The fourth-order valence-corrected chi connectivity index (χ4v) is 8.63. The van der Waals surface area contributed by atoms with E-state index in [4.69, 9.17) is 52.1 Å². The summed E-state index contributed by atoms with van der Waals surface area (Å²) in [6.45, 7) is 7.04. The molecule has 0 saturated carbocycles. The molecule has 0 bridgehead atoms. The van der Waals surface area contributed by atoms with Crippen LogP contribution in [0, 0.1) is 0 Å². The zero-order chi connectivity index (χ0) is 48.9.